The Morgan fingerprint density at radius 2 is 1.26 bits per heavy atom. The smallest absolute Gasteiger partial charge is 0.206 e. The van der Waals surface area contributed by atoms with Gasteiger partial charge in [-0.25, -0.2) is 0 Å². The van der Waals surface area contributed by atoms with Gasteiger partial charge in [0.1, 0.15) is 0 Å². The van der Waals surface area contributed by atoms with E-state index in [0.29, 0.717) is 0 Å². The van der Waals surface area contributed by atoms with Crippen LogP contribution in [0, 0.1) is 0 Å². The number of carbonyl (C=O) groups excluding carboxylic acids is 2. The molecule has 0 aromatic heterocycles. The second-order valence-corrected chi connectivity index (χ2v) is 9.45. The van der Waals surface area contributed by atoms with Gasteiger partial charge in [-0.05, 0) is 6.92 Å². The Kier molecular flexibility index (Phi) is 14.7. The molecule has 0 aromatic rings. The fourth-order valence-electron chi connectivity index (χ4n) is 0.348. The van der Waals surface area contributed by atoms with Gasteiger partial charge < -0.3 is 18.6 Å². The Morgan fingerprint density at radius 1 is 1.00 bits per heavy atom. The van der Waals surface area contributed by atoms with E-state index in [1.807, 2.05) is 0 Å². The van der Waals surface area contributed by atoms with Gasteiger partial charge in [-0.1, -0.05) is 0 Å². The first-order valence-electron chi connectivity index (χ1n) is 5.04. The summed E-state index contributed by atoms with van der Waals surface area (Å²) in [5.41, 5.74) is -0.928. The van der Waals surface area contributed by atoms with Gasteiger partial charge in [-0.2, -0.15) is 0 Å². The molecular formula is C9H20B2O6P2. The van der Waals surface area contributed by atoms with E-state index in [2.05, 4.69) is 16.9 Å². The number of hydrogen-bond donors (Lipinski definition) is 0. The molecule has 0 rings (SSSR count). The van der Waals surface area contributed by atoms with Crippen LogP contribution in [0.2, 0.25) is 0 Å². The molecule has 1 unspecified atom stereocenters. The molecule has 6 nitrogen and oxygen atoms in total. The van der Waals surface area contributed by atoms with E-state index in [0.717, 1.165) is 0 Å². The Hall–Kier alpha value is -0.150. The molecule has 0 spiro atoms. The van der Waals surface area contributed by atoms with Crippen LogP contribution in [-0.4, -0.2) is 67.4 Å². The third-order valence-corrected chi connectivity index (χ3v) is 3.81. The van der Waals surface area contributed by atoms with E-state index in [1.165, 1.54) is 27.8 Å². The van der Waals surface area contributed by atoms with Gasteiger partial charge in [0.05, 0.1) is 17.5 Å². The molecule has 0 saturated carbocycles. The van der Waals surface area contributed by atoms with Gasteiger partial charge in [0.2, 0.25) is 7.37 Å². The highest BCUT2D eigenvalue weighted by molar-refractivity contribution is 7.59. The molecule has 0 aliphatic rings. The van der Waals surface area contributed by atoms with Crippen LogP contribution in [0.5, 0.6) is 0 Å². The lowest BCUT2D eigenvalue weighted by molar-refractivity contribution is -0.110. The van der Waals surface area contributed by atoms with Crippen LogP contribution in [0.15, 0.2) is 0 Å². The lowest BCUT2D eigenvalue weighted by Crippen LogP contribution is -2.04. The standard InChI is InChI=1S/C4H8BO3P.C3H9O2P.C2H3BO/c1-8-9(2,7)3-4(5)6;1-5-6(2,3)4;1-2(3)4/h3H2,1-2H3;1-3H3;1H3. The first-order valence-corrected chi connectivity index (χ1v) is 9.82. The molecule has 0 aromatic carbocycles. The van der Waals surface area contributed by atoms with Crippen LogP contribution in [-0.2, 0) is 27.8 Å². The molecule has 10 heteroatoms. The van der Waals surface area contributed by atoms with Crippen molar-refractivity contribution in [2.45, 2.75) is 6.92 Å². The first kappa shape index (κ1) is 23.9. The molecule has 0 heterocycles. The van der Waals surface area contributed by atoms with Gasteiger partial charge in [-0.3, -0.25) is 9.13 Å². The van der Waals surface area contributed by atoms with Crippen molar-refractivity contribution in [2.24, 2.45) is 0 Å². The zero-order valence-corrected chi connectivity index (χ0v) is 14.0. The Bertz CT molecular complexity index is 362. The van der Waals surface area contributed by atoms with Crippen molar-refractivity contribution in [3.05, 3.63) is 0 Å². The molecule has 19 heavy (non-hydrogen) atoms. The molecule has 0 aliphatic carbocycles. The molecule has 0 aliphatic heterocycles. The highest BCUT2D eigenvalue weighted by Gasteiger charge is 2.14. The summed E-state index contributed by atoms with van der Waals surface area (Å²) in [6.45, 7) is 5.83. The quantitative estimate of drug-likeness (QED) is 0.571. The first-order chi connectivity index (χ1) is 8.27. The minimum atomic E-state index is -2.70. The van der Waals surface area contributed by atoms with Gasteiger partial charge in [-0.15, -0.1) is 0 Å². The molecule has 0 saturated heterocycles. The Balaban J connectivity index is -0.000000222. The van der Waals surface area contributed by atoms with Gasteiger partial charge >= 0.3 is 0 Å². The van der Waals surface area contributed by atoms with Crippen molar-refractivity contribution in [3.8, 4) is 0 Å². The van der Waals surface area contributed by atoms with Crippen LogP contribution < -0.4 is 0 Å². The van der Waals surface area contributed by atoms with Gasteiger partial charge in [0.25, 0.3) is 0 Å². The highest BCUT2D eigenvalue weighted by Crippen LogP contribution is 2.40. The lowest BCUT2D eigenvalue weighted by Gasteiger charge is -2.06. The van der Waals surface area contributed by atoms with Gasteiger partial charge in [0, 0.05) is 34.2 Å². The minimum Gasteiger partial charge on any atom is -0.332 e. The van der Waals surface area contributed by atoms with E-state index < -0.39 is 20.4 Å². The van der Waals surface area contributed by atoms with Crippen molar-refractivity contribution < 1.29 is 27.8 Å². The Morgan fingerprint density at radius 3 is 1.32 bits per heavy atom. The maximum atomic E-state index is 10.9. The topological polar surface area (TPSA) is 86.7 Å². The normalized spacial score (nSPS) is 12.9. The average Bonchev–Trinajstić information content (AvgIpc) is 2.15. The van der Waals surface area contributed by atoms with E-state index in [1.54, 1.807) is 13.3 Å². The summed E-state index contributed by atoms with van der Waals surface area (Å²) < 4.78 is 30.2. The van der Waals surface area contributed by atoms with E-state index in [9.17, 15) is 18.7 Å². The SMILES string of the molecule is COP(C)(C)=O.[B]C(=O)CP(C)(=O)OC.[B]C(C)=O. The summed E-state index contributed by atoms with van der Waals surface area (Å²) >= 11 is 0. The summed E-state index contributed by atoms with van der Waals surface area (Å²) in [5.74, 6) is 0. The van der Waals surface area contributed by atoms with Crippen LogP contribution >= 0.6 is 14.7 Å². The van der Waals surface area contributed by atoms with Crippen LogP contribution in [0.1, 0.15) is 6.92 Å². The fourth-order valence-corrected chi connectivity index (χ4v) is 1.04. The Labute approximate surface area is 117 Å². The van der Waals surface area contributed by atoms with E-state index in [-0.39, 0.29) is 11.8 Å². The summed E-state index contributed by atoms with van der Waals surface area (Å²) in [7, 11) is 7.13. The monoisotopic (exact) mass is 308 g/mol. The second-order valence-electron chi connectivity index (χ2n) is 3.87. The highest BCUT2D eigenvalue weighted by atomic mass is 31.2. The third kappa shape index (κ3) is 38.1. The van der Waals surface area contributed by atoms with E-state index in [4.69, 9.17) is 7.85 Å². The molecule has 1 atom stereocenters. The maximum absolute atomic E-state index is 10.9. The van der Waals surface area contributed by atoms with Crippen LogP contribution in [0.4, 0.5) is 0 Å². The molecule has 108 valence electrons. The molecular weight excluding hydrogens is 288 g/mol. The van der Waals surface area contributed by atoms with Crippen LogP contribution in [0.25, 0.3) is 0 Å². The van der Waals surface area contributed by atoms with Crippen LogP contribution in [0.3, 0.4) is 0 Å². The lowest BCUT2D eigenvalue weighted by atomic mass is 10.1. The number of carbonyl (C=O) groups is 2. The summed E-state index contributed by atoms with van der Waals surface area (Å²) in [4.78, 5) is 19.4. The largest absolute Gasteiger partial charge is 0.332 e. The average molecular weight is 308 g/mol. The van der Waals surface area contributed by atoms with Crippen molar-refractivity contribution in [1.82, 2.24) is 0 Å². The predicted molar refractivity (Wildman–Crippen MR) is 79.1 cm³/mol. The maximum Gasteiger partial charge on any atom is 0.206 e. The summed E-state index contributed by atoms with van der Waals surface area (Å²) in [6.07, 6.45) is -0.177. The third-order valence-electron chi connectivity index (χ3n) is 1.27. The molecule has 0 N–H and O–H groups in total. The minimum absolute atomic E-state index is 0.177. The number of hydrogen-bond acceptors (Lipinski definition) is 6. The van der Waals surface area contributed by atoms with Gasteiger partial charge in [0.15, 0.2) is 23.1 Å². The van der Waals surface area contributed by atoms with E-state index >= 15 is 0 Å². The zero-order chi connectivity index (χ0) is 16.3. The van der Waals surface area contributed by atoms with Crippen molar-refractivity contribution in [3.63, 3.8) is 0 Å². The molecule has 0 amide bonds. The van der Waals surface area contributed by atoms with Crippen molar-refractivity contribution >= 4 is 41.8 Å². The number of rotatable bonds is 4. The molecule has 0 fully saturated rings. The summed E-state index contributed by atoms with van der Waals surface area (Å²) in [5, 5.41) is 0. The molecule has 0 bridgehead atoms. The van der Waals surface area contributed by atoms with Crippen molar-refractivity contribution in [1.29, 1.82) is 0 Å². The zero-order valence-electron chi connectivity index (χ0n) is 12.2. The fraction of sp³-hybridized carbons (Fsp3) is 0.778. The predicted octanol–water partition coefficient (Wildman–Crippen LogP) is 1.11. The van der Waals surface area contributed by atoms with Crippen molar-refractivity contribution in [2.75, 3.05) is 40.4 Å². The second kappa shape index (κ2) is 11.7. The summed E-state index contributed by atoms with van der Waals surface area (Å²) in [6, 6.07) is 0. The molecule has 4 radical (unpaired) electrons.